The monoisotopic (exact) mass is 558 g/mol. The van der Waals surface area contributed by atoms with Crippen molar-refractivity contribution in [1.29, 1.82) is 5.26 Å². The van der Waals surface area contributed by atoms with Gasteiger partial charge in [-0.05, 0) is 67.1 Å². The standard InChI is InChI=1S/C27H21Cl3N2O5/c1-3-36-27(34)17-5-8-21(9-6-17)32-26(33)19(14-31)10-16-11-23(30)25(24(12-16)35-2)37-15-18-4-7-20(28)13-22(18)29/h4-13H,3,15H2,1-2H3,(H,32,33)/b19-10+. The summed E-state index contributed by atoms with van der Waals surface area (Å²) in [6.45, 7) is 2.08. The Morgan fingerprint density at radius 2 is 1.76 bits per heavy atom. The van der Waals surface area contributed by atoms with Gasteiger partial charge in [0.05, 0.1) is 24.3 Å². The lowest BCUT2D eigenvalue weighted by atomic mass is 10.1. The highest BCUT2D eigenvalue weighted by Crippen LogP contribution is 2.38. The molecule has 3 rings (SSSR count). The first-order chi connectivity index (χ1) is 17.7. The molecule has 0 spiro atoms. The summed E-state index contributed by atoms with van der Waals surface area (Å²) in [7, 11) is 1.44. The van der Waals surface area contributed by atoms with E-state index in [0.29, 0.717) is 38.2 Å². The van der Waals surface area contributed by atoms with Crippen LogP contribution in [0.2, 0.25) is 15.1 Å². The van der Waals surface area contributed by atoms with E-state index >= 15 is 0 Å². The first-order valence-electron chi connectivity index (χ1n) is 10.9. The molecule has 3 aromatic carbocycles. The van der Waals surface area contributed by atoms with Gasteiger partial charge in [-0.1, -0.05) is 40.9 Å². The third kappa shape index (κ3) is 7.40. The molecule has 1 amide bonds. The van der Waals surface area contributed by atoms with E-state index in [1.807, 2.05) is 6.07 Å². The van der Waals surface area contributed by atoms with Crippen LogP contribution in [0.1, 0.15) is 28.4 Å². The summed E-state index contributed by atoms with van der Waals surface area (Å²) in [4.78, 5) is 24.5. The molecule has 0 aliphatic heterocycles. The van der Waals surface area contributed by atoms with Gasteiger partial charge in [0, 0.05) is 21.3 Å². The van der Waals surface area contributed by atoms with Crippen LogP contribution in [0.3, 0.4) is 0 Å². The number of nitriles is 1. The molecule has 0 fully saturated rings. The normalized spacial score (nSPS) is 10.9. The number of methoxy groups -OCH3 is 1. The number of ether oxygens (including phenoxy) is 3. The second kappa shape index (κ2) is 13.0. The number of amides is 1. The minimum absolute atomic E-state index is 0.113. The van der Waals surface area contributed by atoms with Gasteiger partial charge in [-0.25, -0.2) is 4.79 Å². The zero-order valence-corrected chi connectivity index (χ0v) is 22.1. The molecule has 37 heavy (non-hydrogen) atoms. The minimum atomic E-state index is -0.640. The maximum atomic E-state index is 12.7. The number of benzene rings is 3. The van der Waals surface area contributed by atoms with Crippen molar-refractivity contribution in [3.05, 3.63) is 91.9 Å². The topological polar surface area (TPSA) is 97.7 Å². The summed E-state index contributed by atoms with van der Waals surface area (Å²) >= 11 is 18.6. The van der Waals surface area contributed by atoms with E-state index in [-0.39, 0.29) is 29.6 Å². The van der Waals surface area contributed by atoms with E-state index in [9.17, 15) is 14.9 Å². The summed E-state index contributed by atoms with van der Waals surface area (Å²) in [5, 5.41) is 13.4. The minimum Gasteiger partial charge on any atom is -0.493 e. The largest absolute Gasteiger partial charge is 0.493 e. The van der Waals surface area contributed by atoms with Gasteiger partial charge < -0.3 is 19.5 Å². The van der Waals surface area contributed by atoms with Crippen molar-refractivity contribution in [2.75, 3.05) is 19.0 Å². The summed E-state index contributed by atoms with van der Waals surface area (Å²) in [5.74, 6) is -0.528. The van der Waals surface area contributed by atoms with Crippen LogP contribution in [0.15, 0.2) is 60.2 Å². The lowest BCUT2D eigenvalue weighted by Crippen LogP contribution is -2.13. The van der Waals surface area contributed by atoms with Crippen LogP contribution in [-0.4, -0.2) is 25.6 Å². The van der Waals surface area contributed by atoms with Crippen molar-refractivity contribution in [3.8, 4) is 17.6 Å². The molecule has 1 N–H and O–H groups in total. The summed E-state index contributed by atoms with van der Waals surface area (Å²) in [6, 6.07) is 16.2. The van der Waals surface area contributed by atoms with Crippen LogP contribution in [0.25, 0.3) is 6.08 Å². The van der Waals surface area contributed by atoms with Crippen molar-refractivity contribution in [1.82, 2.24) is 0 Å². The molecule has 0 atom stereocenters. The van der Waals surface area contributed by atoms with Crippen molar-refractivity contribution >= 4 is 58.4 Å². The Labute approximate surface area is 229 Å². The number of anilines is 1. The highest BCUT2D eigenvalue weighted by Gasteiger charge is 2.16. The molecule has 0 unspecified atom stereocenters. The predicted molar refractivity (Wildman–Crippen MR) is 143 cm³/mol. The fourth-order valence-electron chi connectivity index (χ4n) is 3.17. The van der Waals surface area contributed by atoms with E-state index in [1.54, 1.807) is 37.3 Å². The van der Waals surface area contributed by atoms with Gasteiger partial charge in [0.1, 0.15) is 18.2 Å². The summed E-state index contributed by atoms with van der Waals surface area (Å²) in [5.41, 5.74) is 1.72. The lowest BCUT2D eigenvalue weighted by Gasteiger charge is -2.14. The third-order valence-corrected chi connectivity index (χ3v) is 5.84. The molecule has 0 saturated carbocycles. The van der Waals surface area contributed by atoms with Crippen LogP contribution >= 0.6 is 34.8 Å². The van der Waals surface area contributed by atoms with Crippen molar-refractivity contribution in [2.45, 2.75) is 13.5 Å². The molecule has 0 saturated heterocycles. The van der Waals surface area contributed by atoms with E-state index in [4.69, 9.17) is 49.0 Å². The Bertz CT molecular complexity index is 1380. The van der Waals surface area contributed by atoms with Crippen molar-refractivity contribution in [2.24, 2.45) is 0 Å². The Hall–Kier alpha value is -3.70. The molecular weight excluding hydrogens is 539 g/mol. The molecule has 3 aromatic rings. The second-order valence-electron chi connectivity index (χ2n) is 7.48. The van der Waals surface area contributed by atoms with Gasteiger partial charge in [-0.15, -0.1) is 0 Å². The SMILES string of the molecule is CCOC(=O)c1ccc(NC(=O)/C(C#N)=C/c2cc(Cl)c(OCc3ccc(Cl)cc3Cl)c(OC)c2)cc1. The van der Waals surface area contributed by atoms with E-state index in [1.165, 1.54) is 37.5 Å². The highest BCUT2D eigenvalue weighted by molar-refractivity contribution is 6.35. The molecule has 0 aliphatic rings. The molecule has 0 bridgehead atoms. The maximum Gasteiger partial charge on any atom is 0.338 e. The number of carbonyl (C=O) groups is 2. The van der Waals surface area contributed by atoms with E-state index < -0.39 is 11.9 Å². The van der Waals surface area contributed by atoms with Crippen LogP contribution < -0.4 is 14.8 Å². The number of esters is 1. The van der Waals surface area contributed by atoms with Crippen molar-refractivity contribution < 1.29 is 23.8 Å². The molecule has 7 nitrogen and oxygen atoms in total. The van der Waals surface area contributed by atoms with Gasteiger partial charge in [-0.2, -0.15) is 5.26 Å². The van der Waals surface area contributed by atoms with Crippen LogP contribution in [0, 0.1) is 11.3 Å². The lowest BCUT2D eigenvalue weighted by molar-refractivity contribution is -0.112. The number of rotatable bonds is 9. The molecule has 0 aromatic heterocycles. The van der Waals surface area contributed by atoms with Gasteiger partial charge in [0.25, 0.3) is 5.91 Å². The fourth-order valence-corrected chi connectivity index (χ4v) is 3.91. The van der Waals surface area contributed by atoms with E-state index in [0.717, 1.165) is 0 Å². The number of nitrogens with zero attached hydrogens (tertiary/aromatic N) is 1. The molecule has 0 radical (unpaired) electrons. The molecule has 0 heterocycles. The number of halogens is 3. The molecular formula is C27H21Cl3N2O5. The van der Waals surface area contributed by atoms with Crippen LogP contribution in [0.4, 0.5) is 5.69 Å². The van der Waals surface area contributed by atoms with Gasteiger partial charge in [0.2, 0.25) is 0 Å². The molecule has 0 aliphatic carbocycles. The third-order valence-electron chi connectivity index (χ3n) is 4.97. The zero-order chi connectivity index (χ0) is 26.9. The average Bonchev–Trinajstić information content (AvgIpc) is 2.87. The quantitative estimate of drug-likeness (QED) is 0.173. The summed E-state index contributed by atoms with van der Waals surface area (Å²) < 4.78 is 16.2. The Kier molecular flexibility index (Phi) is 9.81. The molecule has 10 heteroatoms. The maximum absolute atomic E-state index is 12.7. The predicted octanol–water partition coefficient (Wildman–Crippen LogP) is 6.96. The van der Waals surface area contributed by atoms with Gasteiger partial charge in [-0.3, -0.25) is 4.79 Å². The number of hydrogen-bond acceptors (Lipinski definition) is 6. The van der Waals surface area contributed by atoms with Gasteiger partial charge >= 0.3 is 5.97 Å². The smallest absolute Gasteiger partial charge is 0.338 e. The second-order valence-corrected chi connectivity index (χ2v) is 8.73. The highest BCUT2D eigenvalue weighted by atomic mass is 35.5. The fraction of sp³-hybridized carbons (Fsp3) is 0.148. The Morgan fingerprint density at radius 3 is 2.38 bits per heavy atom. The van der Waals surface area contributed by atoms with Crippen molar-refractivity contribution in [3.63, 3.8) is 0 Å². The Morgan fingerprint density at radius 1 is 1.03 bits per heavy atom. The van der Waals surface area contributed by atoms with Crippen LogP contribution in [-0.2, 0) is 16.1 Å². The molecule has 190 valence electrons. The number of carbonyl (C=O) groups excluding carboxylic acids is 2. The van der Waals surface area contributed by atoms with Gasteiger partial charge in [0.15, 0.2) is 11.5 Å². The first-order valence-corrected chi connectivity index (χ1v) is 12.0. The Balaban J connectivity index is 1.77. The van der Waals surface area contributed by atoms with Crippen LogP contribution in [0.5, 0.6) is 11.5 Å². The first kappa shape index (κ1) is 27.9. The zero-order valence-electron chi connectivity index (χ0n) is 19.8. The number of hydrogen-bond donors (Lipinski definition) is 1. The number of nitrogens with one attached hydrogen (secondary N) is 1. The summed E-state index contributed by atoms with van der Waals surface area (Å²) in [6.07, 6.45) is 1.37. The van der Waals surface area contributed by atoms with E-state index in [2.05, 4.69) is 5.32 Å². The average molecular weight is 560 g/mol.